The summed E-state index contributed by atoms with van der Waals surface area (Å²) >= 11 is 0. The number of hydrogen-bond acceptors (Lipinski definition) is 3. The van der Waals surface area contributed by atoms with Crippen molar-refractivity contribution in [2.45, 2.75) is 26.4 Å². The van der Waals surface area contributed by atoms with E-state index in [9.17, 15) is 4.79 Å². The van der Waals surface area contributed by atoms with E-state index in [1.54, 1.807) is 12.1 Å². The van der Waals surface area contributed by atoms with Gasteiger partial charge < -0.3 is 15.8 Å². The molecule has 0 heterocycles. The average Bonchev–Trinajstić information content (AvgIpc) is 2.29. The summed E-state index contributed by atoms with van der Waals surface area (Å²) in [6, 6.07) is 7.24. The number of nitrogens with one attached hydrogen (secondary N) is 1. The third-order valence-corrected chi connectivity index (χ3v) is 2.16. The number of nitrogens with two attached hydrogens (primary N) is 1. The summed E-state index contributed by atoms with van der Waals surface area (Å²) in [5.74, 6) is 0.502. The molecular weight excluding hydrogens is 216 g/mol. The van der Waals surface area contributed by atoms with Crippen LogP contribution in [0.15, 0.2) is 24.3 Å². The van der Waals surface area contributed by atoms with Crippen LogP contribution in [0.1, 0.15) is 30.6 Å². The van der Waals surface area contributed by atoms with Crippen molar-refractivity contribution in [1.82, 2.24) is 5.32 Å². The molecule has 0 bridgehead atoms. The molecule has 0 aliphatic rings. The molecule has 1 amide bonds. The van der Waals surface area contributed by atoms with Gasteiger partial charge in [-0.2, -0.15) is 0 Å². The Morgan fingerprint density at radius 1 is 1.41 bits per heavy atom. The van der Waals surface area contributed by atoms with E-state index in [0.29, 0.717) is 24.4 Å². The Balaban J connectivity index is 2.71. The summed E-state index contributed by atoms with van der Waals surface area (Å²) < 4.78 is 5.59. The van der Waals surface area contributed by atoms with Gasteiger partial charge in [-0.25, -0.2) is 0 Å². The maximum atomic E-state index is 11.9. The van der Waals surface area contributed by atoms with Crippen molar-refractivity contribution in [2.24, 2.45) is 5.73 Å². The molecule has 1 rings (SSSR count). The van der Waals surface area contributed by atoms with E-state index in [1.807, 2.05) is 26.0 Å². The molecule has 94 valence electrons. The highest BCUT2D eigenvalue weighted by Crippen LogP contribution is 2.19. The predicted molar refractivity (Wildman–Crippen MR) is 68.2 cm³/mol. The summed E-state index contributed by atoms with van der Waals surface area (Å²) in [6.45, 7) is 5.03. The monoisotopic (exact) mass is 236 g/mol. The van der Waals surface area contributed by atoms with Gasteiger partial charge in [-0.15, -0.1) is 0 Å². The Kier molecular flexibility index (Phi) is 5.49. The first kappa shape index (κ1) is 13.5. The Morgan fingerprint density at radius 3 is 2.76 bits per heavy atom. The van der Waals surface area contributed by atoms with E-state index in [4.69, 9.17) is 10.5 Å². The third-order valence-electron chi connectivity index (χ3n) is 2.16. The average molecular weight is 236 g/mol. The minimum atomic E-state index is -0.116. The van der Waals surface area contributed by atoms with Crippen LogP contribution in [0.5, 0.6) is 5.75 Å². The zero-order valence-electron chi connectivity index (χ0n) is 10.4. The molecule has 0 aromatic heterocycles. The molecule has 0 unspecified atom stereocenters. The number of hydrogen-bond donors (Lipinski definition) is 2. The fourth-order valence-electron chi connectivity index (χ4n) is 1.41. The van der Waals surface area contributed by atoms with Gasteiger partial charge in [-0.3, -0.25) is 4.79 Å². The number of para-hydroxylation sites is 1. The highest BCUT2D eigenvalue weighted by atomic mass is 16.5. The normalized spacial score (nSPS) is 10.4. The van der Waals surface area contributed by atoms with Crippen LogP contribution in [0.2, 0.25) is 0 Å². The highest BCUT2D eigenvalue weighted by Gasteiger charge is 2.11. The number of benzene rings is 1. The molecule has 0 aliphatic carbocycles. The van der Waals surface area contributed by atoms with Crippen molar-refractivity contribution in [3.63, 3.8) is 0 Å². The highest BCUT2D eigenvalue weighted by molar-refractivity contribution is 5.96. The quantitative estimate of drug-likeness (QED) is 0.737. The van der Waals surface area contributed by atoms with Gasteiger partial charge in [-0.05, 0) is 38.9 Å². The van der Waals surface area contributed by atoms with Gasteiger partial charge in [0, 0.05) is 6.54 Å². The molecule has 4 nitrogen and oxygen atoms in total. The maximum Gasteiger partial charge on any atom is 0.255 e. The van der Waals surface area contributed by atoms with Gasteiger partial charge in [0.1, 0.15) is 5.75 Å². The molecule has 17 heavy (non-hydrogen) atoms. The first-order valence-electron chi connectivity index (χ1n) is 5.89. The Hall–Kier alpha value is -1.55. The smallest absolute Gasteiger partial charge is 0.255 e. The molecule has 0 spiro atoms. The molecule has 3 N–H and O–H groups in total. The van der Waals surface area contributed by atoms with E-state index in [0.717, 1.165) is 6.42 Å². The summed E-state index contributed by atoms with van der Waals surface area (Å²) in [5, 5.41) is 2.81. The fourth-order valence-corrected chi connectivity index (χ4v) is 1.41. The van der Waals surface area contributed by atoms with Crippen LogP contribution < -0.4 is 15.8 Å². The minimum Gasteiger partial charge on any atom is -0.490 e. The van der Waals surface area contributed by atoms with Crippen LogP contribution in [0.4, 0.5) is 0 Å². The molecule has 0 radical (unpaired) electrons. The lowest BCUT2D eigenvalue weighted by atomic mass is 10.2. The molecule has 0 saturated carbocycles. The molecule has 4 heteroatoms. The number of amides is 1. The Labute approximate surface area is 102 Å². The maximum absolute atomic E-state index is 11.9. The summed E-state index contributed by atoms with van der Waals surface area (Å²) in [6.07, 6.45) is 0.826. The van der Waals surface area contributed by atoms with Gasteiger partial charge in [0.2, 0.25) is 0 Å². The zero-order chi connectivity index (χ0) is 12.7. The first-order valence-corrected chi connectivity index (χ1v) is 5.89. The van der Waals surface area contributed by atoms with Crippen molar-refractivity contribution in [3.05, 3.63) is 29.8 Å². The zero-order valence-corrected chi connectivity index (χ0v) is 10.4. The lowest BCUT2D eigenvalue weighted by molar-refractivity contribution is 0.0947. The summed E-state index contributed by atoms with van der Waals surface area (Å²) in [5.41, 5.74) is 5.94. The van der Waals surface area contributed by atoms with E-state index >= 15 is 0 Å². The number of rotatable bonds is 6. The lowest BCUT2D eigenvalue weighted by Crippen LogP contribution is -2.26. The van der Waals surface area contributed by atoms with Crippen LogP contribution in [0.25, 0.3) is 0 Å². The van der Waals surface area contributed by atoms with Gasteiger partial charge in [0.25, 0.3) is 5.91 Å². The molecular formula is C13H20N2O2. The number of carbonyl (C=O) groups excluding carboxylic acids is 1. The second kappa shape index (κ2) is 6.91. The van der Waals surface area contributed by atoms with Crippen LogP contribution >= 0.6 is 0 Å². The van der Waals surface area contributed by atoms with Crippen LogP contribution in [-0.4, -0.2) is 25.1 Å². The number of carbonyl (C=O) groups is 1. The van der Waals surface area contributed by atoms with Crippen molar-refractivity contribution in [3.8, 4) is 5.75 Å². The predicted octanol–water partition coefficient (Wildman–Crippen LogP) is 1.55. The van der Waals surface area contributed by atoms with E-state index in [2.05, 4.69) is 5.32 Å². The van der Waals surface area contributed by atoms with Crippen molar-refractivity contribution in [2.75, 3.05) is 13.1 Å². The van der Waals surface area contributed by atoms with E-state index in [1.165, 1.54) is 0 Å². The Morgan fingerprint density at radius 2 is 2.12 bits per heavy atom. The van der Waals surface area contributed by atoms with Crippen LogP contribution in [0, 0.1) is 0 Å². The molecule has 1 aromatic rings. The molecule has 1 aromatic carbocycles. The second-order valence-electron chi connectivity index (χ2n) is 4.06. The van der Waals surface area contributed by atoms with Gasteiger partial charge in [0.05, 0.1) is 11.7 Å². The SMILES string of the molecule is CC(C)Oc1ccccc1C(=O)NCCCN. The first-order chi connectivity index (χ1) is 8.15. The van der Waals surface area contributed by atoms with Gasteiger partial charge in [-0.1, -0.05) is 12.1 Å². The van der Waals surface area contributed by atoms with Crippen LogP contribution in [-0.2, 0) is 0 Å². The topological polar surface area (TPSA) is 64.3 Å². The largest absolute Gasteiger partial charge is 0.490 e. The lowest BCUT2D eigenvalue weighted by Gasteiger charge is -2.13. The van der Waals surface area contributed by atoms with Crippen LogP contribution in [0.3, 0.4) is 0 Å². The molecule has 0 saturated heterocycles. The van der Waals surface area contributed by atoms with Crippen molar-refractivity contribution in [1.29, 1.82) is 0 Å². The molecule has 0 atom stereocenters. The summed E-state index contributed by atoms with van der Waals surface area (Å²) in [7, 11) is 0. The standard InChI is InChI=1S/C13H20N2O2/c1-10(2)17-12-7-4-3-6-11(12)13(16)15-9-5-8-14/h3-4,6-7,10H,5,8-9,14H2,1-2H3,(H,15,16). The Bertz CT molecular complexity index is 364. The second-order valence-corrected chi connectivity index (χ2v) is 4.06. The fraction of sp³-hybridized carbons (Fsp3) is 0.462. The van der Waals surface area contributed by atoms with E-state index in [-0.39, 0.29) is 12.0 Å². The van der Waals surface area contributed by atoms with Crippen molar-refractivity contribution >= 4 is 5.91 Å². The summed E-state index contributed by atoms with van der Waals surface area (Å²) in [4.78, 5) is 11.9. The molecule has 0 aliphatic heterocycles. The number of ether oxygens (including phenoxy) is 1. The van der Waals surface area contributed by atoms with E-state index < -0.39 is 0 Å². The van der Waals surface area contributed by atoms with Gasteiger partial charge in [0.15, 0.2) is 0 Å². The third kappa shape index (κ3) is 4.44. The van der Waals surface area contributed by atoms with Gasteiger partial charge >= 0.3 is 0 Å². The van der Waals surface area contributed by atoms with Crippen molar-refractivity contribution < 1.29 is 9.53 Å². The minimum absolute atomic E-state index is 0.0491. The molecule has 0 fully saturated rings.